The molecule has 0 bridgehead atoms. The Balaban J connectivity index is 2.92. The van der Waals surface area contributed by atoms with Crippen LogP contribution >= 0.6 is 0 Å². The molecule has 0 aliphatic carbocycles. The summed E-state index contributed by atoms with van der Waals surface area (Å²) < 4.78 is 22.7. The Bertz CT molecular complexity index is 381. The number of nitrogens with zero attached hydrogens (tertiary/aromatic N) is 1. The van der Waals surface area contributed by atoms with Crippen LogP contribution in [0.2, 0.25) is 0 Å². The third-order valence-electron chi connectivity index (χ3n) is 2.15. The highest BCUT2D eigenvalue weighted by Crippen LogP contribution is 2.27. The number of rotatable bonds is 4. The van der Waals surface area contributed by atoms with Crippen LogP contribution < -0.4 is 9.64 Å². The molecule has 0 saturated heterocycles. The van der Waals surface area contributed by atoms with Crippen LogP contribution in [-0.2, 0) is 9.53 Å². The number of methoxy groups -OCH3 is 2. The van der Waals surface area contributed by atoms with Gasteiger partial charge in [-0.1, -0.05) is 0 Å². The van der Waals surface area contributed by atoms with Gasteiger partial charge in [0.05, 0.1) is 19.9 Å². The Morgan fingerprint density at radius 2 is 2.12 bits per heavy atom. The minimum Gasteiger partial charge on any atom is -0.495 e. The fourth-order valence-electron chi connectivity index (χ4n) is 1.30. The molecule has 16 heavy (non-hydrogen) atoms. The number of benzene rings is 1. The molecule has 0 radical (unpaired) electrons. The maximum Gasteiger partial charge on any atom is 0.325 e. The fourth-order valence-corrected chi connectivity index (χ4v) is 1.30. The molecule has 0 aromatic heterocycles. The van der Waals surface area contributed by atoms with Gasteiger partial charge in [0.15, 0.2) is 0 Å². The monoisotopic (exact) mass is 227 g/mol. The van der Waals surface area contributed by atoms with E-state index in [2.05, 4.69) is 4.74 Å². The summed E-state index contributed by atoms with van der Waals surface area (Å²) >= 11 is 0. The molecule has 1 rings (SSSR count). The fraction of sp³-hybridized carbons (Fsp3) is 0.364. The van der Waals surface area contributed by atoms with Gasteiger partial charge in [0, 0.05) is 13.1 Å². The topological polar surface area (TPSA) is 38.8 Å². The van der Waals surface area contributed by atoms with Crippen molar-refractivity contribution in [3.8, 4) is 5.75 Å². The third-order valence-corrected chi connectivity index (χ3v) is 2.15. The van der Waals surface area contributed by atoms with Gasteiger partial charge in [0.2, 0.25) is 0 Å². The molecule has 0 N–H and O–H groups in total. The van der Waals surface area contributed by atoms with E-state index in [0.29, 0.717) is 11.4 Å². The van der Waals surface area contributed by atoms with Crippen LogP contribution in [0.3, 0.4) is 0 Å². The summed E-state index contributed by atoms with van der Waals surface area (Å²) in [5, 5.41) is 0. The molecule has 4 nitrogen and oxygen atoms in total. The van der Waals surface area contributed by atoms with Gasteiger partial charge < -0.3 is 14.4 Å². The summed E-state index contributed by atoms with van der Waals surface area (Å²) in [5.74, 6) is -0.269. The standard InChI is InChI=1S/C11H14FNO3/c1-13(7-11(14)16-3)9-6-8(12)4-5-10(9)15-2/h4-6H,7H2,1-3H3. The molecule has 0 aliphatic rings. The van der Waals surface area contributed by atoms with Crippen LogP contribution in [0.4, 0.5) is 10.1 Å². The molecule has 0 fully saturated rings. The molecule has 0 spiro atoms. The van der Waals surface area contributed by atoms with Crippen molar-refractivity contribution < 1.29 is 18.7 Å². The first-order valence-corrected chi connectivity index (χ1v) is 4.70. The molecule has 1 aromatic carbocycles. The van der Waals surface area contributed by atoms with Crippen LogP contribution in [0.1, 0.15) is 0 Å². The average molecular weight is 227 g/mol. The molecule has 0 aliphatic heterocycles. The second kappa shape index (κ2) is 5.34. The van der Waals surface area contributed by atoms with E-state index in [4.69, 9.17) is 4.74 Å². The minimum absolute atomic E-state index is 0.0380. The van der Waals surface area contributed by atoms with Gasteiger partial charge in [0.25, 0.3) is 0 Å². The van der Waals surface area contributed by atoms with Gasteiger partial charge in [-0.15, -0.1) is 0 Å². The van der Waals surface area contributed by atoms with Gasteiger partial charge in [-0.25, -0.2) is 4.39 Å². The zero-order chi connectivity index (χ0) is 12.1. The predicted octanol–water partition coefficient (Wildman–Crippen LogP) is 1.44. The van der Waals surface area contributed by atoms with Crippen LogP contribution in [0.25, 0.3) is 0 Å². The van der Waals surface area contributed by atoms with Crippen molar-refractivity contribution >= 4 is 11.7 Å². The number of anilines is 1. The maximum atomic E-state index is 13.1. The lowest BCUT2D eigenvalue weighted by atomic mass is 10.2. The summed E-state index contributed by atoms with van der Waals surface area (Å²) in [6, 6.07) is 4.12. The van der Waals surface area contributed by atoms with Gasteiger partial charge in [-0.05, 0) is 12.1 Å². The van der Waals surface area contributed by atoms with Crippen molar-refractivity contribution in [1.29, 1.82) is 0 Å². The molecular weight excluding hydrogens is 213 g/mol. The smallest absolute Gasteiger partial charge is 0.325 e. The number of hydrogen-bond donors (Lipinski definition) is 0. The number of carbonyl (C=O) groups excluding carboxylic acids is 1. The van der Waals surface area contributed by atoms with E-state index < -0.39 is 5.97 Å². The molecular formula is C11H14FNO3. The van der Waals surface area contributed by atoms with E-state index >= 15 is 0 Å². The van der Waals surface area contributed by atoms with Crippen LogP contribution in [-0.4, -0.2) is 33.8 Å². The van der Waals surface area contributed by atoms with Crippen molar-refractivity contribution in [2.45, 2.75) is 0 Å². The van der Waals surface area contributed by atoms with E-state index in [1.807, 2.05) is 0 Å². The second-order valence-electron chi connectivity index (χ2n) is 3.25. The molecule has 0 heterocycles. The lowest BCUT2D eigenvalue weighted by Gasteiger charge is -2.20. The zero-order valence-electron chi connectivity index (χ0n) is 9.49. The minimum atomic E-state index is -0.395. The van der Waals surface area contributed by atoms with Gasteiger partial charge in [-0.3, -0.25) is 4.79 Å². The number of carbonyl (C=O) groups is 1. The quantitative estimate of drug-likeness (QED) is 0.730. The van der Waals surface area contributed by atoms with E-state index in [1.54, 1.807) is 11.9 Å². The Labute approximate surface area is 93.6 Å². The highest BCUT2D eigenvalue weighted by Gasteiger charge is 2.12. The lowest BCUT2D eigenvalue weighted by molar-refractivity contribution is -0.138. The summed E-state index contributed by atoms with van der Waals surface area (Å²) in [4.78, 5) is 12.6. The van der Waals surface area contributed by atoms with Gasteiger partial charge >= 0.3 is 5.97 Å². The highest BCUT2D eigenvalue weighted by atomic mass is 19.1. The summed E-state index contributed by atoms with van der Waals surface area (Å²) in [6.07, 6.45) is 0. The zero-order valence-corrected chi connectivity index (χ0v) is 9.49. The largest absolute Gasteiger partial charge is 0.495 e. The number of halogens is 1. The van der Waals surface area contributed by atoms with Crippen LogP contribution in [0.15, 0.2) is 18.2 Å². The van der Waals surface area contributed by atoms with E-state index in [-0.39, 0.29) is 12.4 Å². The number of ether oxygens (including phenoxy) is 2. The van der Waals surface area contributed by atoms with Crippen LogP contribution in [0, 0.1) is 5.82 Å². The Kier molecular flexibility index (Phi) is 4.10. The van der Waals surface area contributed by atoms with Crippen molar-refractivity contribution in [2.75, 3.05) is 32.7 Å². The Morgan fingerprint density at radius 3 is 2.69 bits per heavy atom. The first-order valence-electron chi connectivity index (χ1n) is 4.70. The molecule has 1 aromatic rings. The van der Waals surface area contributed by atoms with E-state index in [1.165, 1.54) is 32.4 Å². The van der Waals surface area contributed by atoms with E-state index in [0.717, 1.165) is 0 Å². The molecule has 0 amide bonds. The van der Waals surface area contributed by atoms with E-state index in [9.17, 15) is 9.18 Å². The molecule has 0 saturated carbocycles. The van der Waals surface area contributed by atoms with Crippen LogP contribution in [0.5, 0.6) is 5.75 Å². The summed E-state index contributed by atoms with van der Waals surface area (Å²) in [7, 11) is 4.45. The Hall–Kier alpha value is -1.78. The normalized spacial score (nSPS) is 9.75. The molecule has 0 unspecified atom stereocenters. The first-order chi connectivity index (χ1) is 7.58. The summed E-state index contributed by atoms with van der Waals surface area (Å²) in [5.41, 5.74) is 0.507. The van der Waals surface area contributed by atoms with Gasteiger partial charge in [-0.2, -0.15) is 0 Å². The number of likely N-dealkylation sites (N-methyl/N-ethyl adjacent to an activating group) is 1. The second-order valence-corrected chi connectivity index (χ2v) is 3.25. The average Bonchev–Trinajstić information content (AvgIpc) is 2.28. The molecule has 0 atom stereocenters. The summed E-state index contributed by atoms with van der Waals surface area (Å²) in [6.45, 7) is 0.0380. The van der Waals surface area contributed by atoms with Crippen molar-refractivity contribution in [3.63, 3.8) is 0 Å². The van der Waals surface area contributed by atoms with Crippen molar-refractivity contribution in [3.05, 3.63) is 24.0 Å². The van der Waals surface area contributed by atoms with Gasteiger partial charge in [0.1, 0.15) is 18.1 Å². The molecule has 5 heteroatoms. The SMILES string of the molecule is COC(=O)CN(C)c1cc(F)ccc1OC. The van der Waals surface area contributed by atoms with Crippen molar-refractivity contribution in [1.82, 2.24) is 0 Å². The predicted molar refractivity (Wildman–Crippen MR) is 58.2 cm³/mol. The number of esters is 1. The maximum absolute atomic E-state index is 13.1. The van der Waals surface area contributed by atoms with Crippen molar-refractivity contribution in [2.24, 2.45) is 0 Å². The highest BCUT2D eigenvalue weighted by molar-refractivity contribution is 5.76. The first kappa shape index (κ1) is 12.3. The lowest BCUT2D eigenvalue weighted by Crippen LogP contribution is -2.26. The molecule has 88 valence electrons. The number of hydrogen-bond acceptors (Lipinski definition) is 4. The Morgan fingerprint density at radius 1 is 1.44 bits per heavy atom. The third kappa shape index (κ3) is 2.85.